The Morgan fingerprint density at radius 3 is 2.83 bits per heavy atom. The summed E-state index contributed by atoms with van der Waals surface area (Å²) in [4.78, 5) is 0. The summed E-state index contributed by atoms with van der Waals surface area (Å²) in [5, 5.41) is 11.9. The number of nitrogens with one attached hydrogen (secondary N) is 1. The first-order valence-corrected chi connectivity index (χ1v) is 3.91. The molecule has 1 unspecified atom stereocenters. The van der Waals surface area contributed by atoms with E-state index in [1.807, 2.05) is 6.92 Å². The van der Waals surface area contributed by atoms with Crippen LogP contribution in [0.1, 0.15) is 13.3 Å². The second-order valence-electron chi connectivity index (χ2n) is 2.29. The van der Waals surface area contributed by atoms with Gasteiger partial charge >= 0.3 is 0 Å². The Bertz CT molecular complexity index is 101. The van der Waals surface area contributed by atoms with E-state index in [9.17, 15) is 0 Å². The minimum absolute atomic E-state index is 0. The molecule has 74 valence electrons. The van der Waals surface area contributed by atoms with Gasteiger partial charge in [-0.3, -0.25) is 5.32 Å². The Morgan fingerprint density at radius 2 is 2.33 bits per heavy atom. The molecular formula is C8H18ClNO2. The van der Waals surface area contributed by atoms with Crippen LogP contribution >= 0.6 is 12.4 Å². The smallest absolute Gasteiger partial charge is 0.128 e. The monoisotopic (exact) mass is 195 g/mol. The largest absolute Gasteiger partial charge is 0.377 e. The van der Waals surface area contributed by atoms with Crippen molar-refractivity contribution in [3.05, 3.63) is 12.7 Å². The normalized spacial score (nSPS) is 11.8. The average molecular weight is 196 g/mol. The number of rotatable bonds is 7. The van der Waals surface area contributed by atoms with Crippen LogP contribution in [-0.2, 0) is 4.74 Å². The fourth-order valence-electron chi connectivity index (χ4n) is 0.618. The van der Waals surface area contributed by atoms with Gasteiger partial charge in [-0.2, -0.15) is 0 Å². The quantitative estimate of drug-likeness (QED) is 0.361. The highest BCUT2D eigenvalue weighted by atomic mass is 35.5. The molecule has 0 saturated carbocycles. The Morgan fingerprint density at radius 1 is 1.67 bits per heavy atom. The van der Waals surface area contributed by atoms with Crippen molar-refractivity contribution < 1.29 is 9.84 Å². The van der Waals surface area contributed by atoms with Gasteiger partial charge in [0.15, 0.2) is 0 Å². The number of halogens is 1. The fourth-order valence-corrected chi connectivity index (χ4v) is 0.618. The minimum atomic E-state index is -0.570. The van der Waals surface area contributed by atoms with Crippen molar-refractivity contribution in [1.82, 2.24) is 5.32 Å². The van der Waals surface area contributed by atoms with Crippen molar-refractivity contribution in [1.29, 1.82) is 0 Å². The first-order valence-electron chi connectivity index (χ1n) is 3.91. The number of hydrogen-bond acceptors (Lipinski definition) is 3. The van der Waals surface area contributed by atoms with Crippen LogP contribution in [0.5, 0.6) is 0 Å². The van der Waals surface area contributed by atoms with Gasteiger partial charge in [0.05, 0.1) is 6.61 Å². The summed E-state index contributed by atoms with van der Waals surface area (Å²) in [6, 6.07) is 0. The minimum Gasteiger partial charge on any atom is -0.377 e. The van der Waals surface area contributed by atoms with Gasteiger partial charge in [-0.25, -0.2) is 0 Å². The van der Waals surface area contributed by atoms with Crippen molar-refractivity contribution in [3.8, 4) is 0 Å². The Hall–Kier alpha value is -0.0900. The zero-order valence-electron chi connectivity index (χ0n) is 7.45. The van der Waals surface area contributed by atoms with E-state index in [2.05, 4.69) is 11.9 Å². The van der Waals surface area contributed by atoms with E-state index in [-0.39, 0.29) is 12.4 Å². The fraction of sp³-hybridized carbons (Fsp3) is 0.750. The molecule has 0 spiro atoms. The number of aliphatic hydroxyl groups excluding tert-OH is 1. The first-order chi connectivity index (χ1) is 5.31. The second kappa shape index (κ2) is 10.9. The van der Waals surface area contributed by atoms with Crippen molar-refractivity contribution in [2.45, 2.75) is 19.6 Å². The third-order valence-electron chi connectivity index (χ3n) is 1.12. The van der Waals surface area contributed by atoms with E-state index >= 15 is 0 Å². The predicted molar refractivity (Wildman–Crippen MR) is 52.6 cm³/mol. The van der Waals surface area contributed by atoms with Gasteiger partial charge in [-0.15, -0.1) is 19.0 Å². The van der Waals surface area contributed by atoms with E-state index in [1.165, 1.54) is 0 Å². The molecule has 0 aromatic rings. The lowest BCUT2D eigenvalue weighted by molar-refractivity contribution is 0.0211. The standard InChI is InChI=1S/C8H17NO2.ClH/c1-3-5-9-8(10)7-11-6-4-2;/h3,8-10H,1,4-7H2,2H3;1H. The molecule has 0 aliphatic carbocycles. The van der Waals surface area contributed by atoms with Crippen LogP contribution in [0.4, 0.5) is 0 Å². The van der Waals surface area contributed by atoms with E-state index < -0.39 is 6.23 Å². The summed E-state index contributed by atoms with van der Waals surface area (Å²) >= 11 is 0. The summed E-state index contributed by atoms with van der Waals surface area (Å²) in [5.74, 6) is 0. The molecule has 0 aliphatic heterocycles. The molecule has 12 heavy (non-hydrogen) atoms. The molecule has 1 atom stereocenters. The molecule has 0 aliphatic rings. The van der Waals surface area contributed by atoms with Crippen LogP contribution in [0.2, 0.25) is 0 Å². The van der Waals surface area contributed by atoms with Crippen LogP contribution in [0.3, 0.4) is 0 Å². The molecule has 4 heteroatoms. The van der Waals surface area contributed by atoms with E-state index in [0.717, 1.165) is 6.42 Å². The van der Waals surface area contributed by atoms with Gasteiger partial charge < -0.3 is 9.84 Å². The van der Waals surface area contributed by atoms with Crippen molar-refractivity contribution in [2.24, 2.45) is 0 Å². The highest BCUT2D eigenvalue weighted by Crippen LogP contribution is 1.83. The van der Waals surface area contributed by atoms with Crippen LogP contribution in [0.15, 0.2) is 12.7 Å². The summed E-state index contributed by atoms with van der Waals surface area (Å²) in [7, 11) is 0. The molecule has 0 radical (unpaired) electrons. The van der Waals surface area contributed by atoms with Gasteiger partial charge in [-0.1, -0.05) is 13.0 Å². The Balaban J connectivity index is 0. The lowest BCUT2D eigenvalue weighted by Gasteiger charge is -2.10. The maximum atomic E-state index is 9.12. The maximum absolute atomic E-state index is 9.12. The van der Waals surface area contributed by atoms with Crippen LogP contribution < -0.4 is 5.32 Å². The highest BCUT2D eigenvalue weighted by molar-refractivity contribution is 5.85. The number of aliphatic hydroxyl groups is 1. The first kappa shape index (κ1) is 14.4. The van der Waals surface area contributed by atoms with Crippen molar-refractivity contribution >= 4 is 12.4 Å². The highest BCUT2D eigenvalue weighted by Gasteiger charge is 1.99. The third kappa shape index (κ3) is 9.91. The maximum Gasteiger partial charge on any atom is 0.128 e. The second-order valence-corrected chi connectivity index (χ2v) is 2.29. The van der Waals surface area contributed by atoms with Gasteiger partial charge in [0.1, 0.15) is 6.23 Å². The molecule has 0 heterocycles. The van der Waals surface area contributed by atoms with Gasteiger partial charge in [0.25, 0.3) is 0 Å². The summed E-state index contributed by atoms with van der Waals surface area (Å²) in [6.07, 6.45) is 2.11. The Kier molecular flexibility index (Phi) is 13.1. The summed E-state index contributed by atoms with van der Waals surface area (Å²) < 4.78 is 5.09. The van der Waals surface area contributed by atoms with Crippen LogP contribution in [0.25, 0.3) is 0 Å². The molecule has 2 N–H and O–H groups in total. The lowest BCUT2D eigenvalue weighted by atomic mass is 10.5. The predicted octanol–water partition coefficient (Wildman–Crippen LogP) is 0.929. The van der Waals surface area contributed by atoms with Crippen LogP contribution in [0, 0.1) is 0 Å². The molecule has 0 fully saturated rings. The topological polar surface area (TPSA) is 41.5 Å². The Labute approximate surface area is 80.2 Å². The summed E-state index contributed by atoms with van der Waals surface area (Å²) in [5.41, 5.74) is 0. The molecule has 0 aromatic carbocycles. The molecular weight excluding hydrogens is 178 g/mol. The van der Waals surface area contributed by atoms with E-state index in [0.29, 0.717) is 19.8 Å². The van der Waals surface area contributed by atoms with E-state index in [1.54, 1.807) is 6.08 Å². The molecule has 0 bridgehead atoms. The SMILES string of the molecule is C=CCNC(O)COCCC.Cl. The average Bonchev–Trinajstić information content (AvgIpc) is 2.01. The van der Waals surface area contributed by atoms with Gasteiger partial charge in [-0.05, 0) is 6.42 Å². The molecule has 0 aromatic heterocycles. The third-order valence-corrected chi connectivity index (χ3v) is 1.12. The summed E-state index contributed by atoms with van der Waals surface area (Å²) in [6.45, 7) is 7.20. The number of hydrogen-bond donors (Lipinski definition) is 2. The van der Waals surface area contributed by atoms with Gasteiger partial charge in [0.2, 0.25) is 0 Å². The van der Waals surface area contributed by atoms with Gasteiger partial charge in [0, 0.05) is 13.2 Å². The molecule has 0 amide bonds. The molecule has 3 nitrogen and oxygen atoms in total. The van der Waals surface area contributed by atoms with Crippen LogP contribution in [-0.4, -0.2) is 31.1 Å². The molecule has 0 rings (SSSR count). The van der Waals surface area contributed by atoms with Crippen molar-refractivity contribution in [2.75, 3.05) is 19.8 Å². The lowest BCUT2D eigenvalue weighted by Crippen LogP contribution is -2.33. The van der Waals surface area contributed by atoms with Crippen molar-refractivity contribution in [3.63, 3.8) is 0 Å². The number of ether oxygens (including phenoxy) is 1. The van der Waals surface area contributed by atoms with E-state index in [4.69, 9.17) is 9.84 Å². The zero-order valence-corrected chi connectivity index (χ0v) is 8.27. The molecule has 0 saturated heterocycles. The zero-order chi connectivity index (χ0) is 8.53.